The third kappa shape index (κ3) is 6.68. The fourth-order valence-corrected chi connectivity index (χ4v) is 8.40. The summed E-state index contributed by atoms with van der Waals surface area (Å²) in [5, 5.41) is 32.6. The minimum absolute atomic E-state index is 0. The molecule has 1 aromatic carbocycles. The summed E-state index contributed by atoms with van der Waals surface area (Å²) in [6.07, 6.45) is 2.90. The number of nitrogens with zero attached hydrogens (tertiary/aromatic N) is 5. The number of aromatic nitrogens is 4. The third-order valence-corrected chi connectivity index (χ3v) is 10.8. The monoisotopic (exact) mass is 692 g/mol. The van der Waals surface area contributed by atoms with Crippen LogP contribution in [-0.4, -0.2) is 76.9 Å². The maximum absolute atomic E-state index is 13.9. The van der Waals surface area contributed by atoms with Crippen LogP contribution in [0.1, 0.15) is 41.2 Å². The standard InChI is InChI=1S/C27H26N8O7S3.Na/c1-11-32-33-27(45-11)44-10-14-9-43-24-17(23(39)35(24)19(14)25(40)41)30-22(38)18(12-4-6-15(36)7-5-12)34(26(28)42)16-8-29-20(13-2-3-13)31-21(16)37;/h4-8,13,17-18,24,36H,2-3,9-10H2,1H3,(H2,28,42)(H,30,38)(H,40,41)(H,29,31,37);/q;+1/p-1/t17?,18?,24-;/m1./s1. The number of aryl methyl sites for hydroxylation is 1. The molecule has 4 heterocycles. The Bertz CT molecular complexity index is 1800. The van der Waals surface area contributed by atoms with Crippen molar-refractivity contribution in [3.63, 3.8) is 0 Å². The molecule has 1 aliphatic carbocycles. The molecule has 3 aliphatic rings. The van der Waals surface area contributed by atoms with Crippen molar-refractivity contribution in [1.82, 2.24) is 30.4 Å². The number of amides is 4. The van der Waals surface area contributed by atoms with E-state index in [-0.39, 0.29) is 69.7 Å². The number of nitrogens with one attached hydrogen (secondary N) is 2. The first-order chi connectivity index (χ1) is 21.5. The molecule has 2 aromatic heterocycles. The number of phenols is 1. The Morgan fingerprint density at radius 2 is 1.96 bits per heavy atom. The van der Waals surface area contributed by atoms with E-state index in [0.717, 1.165) is 27.6 Å². The first-order valence-electron chi connectivity index (χ1n) is 13.6. The van der Waals surface area contributed by atoms with Crippen molar-refractivity contribution >= 4 is 64.4 Å². The number of nitrogens with two attached hydrogens (primary N) is 1. The minimum atomic E-state index is -1.55. The number of hydrogen-bond donors (Lipinski definition) is 4. The van der Waals surface area contributed by atoms with Crippen LogP contribution in [0.2, 0.25) is 0 Å². The number of anilines is 1. The Morgan fingerprint density at radius 3 is 2.54 bits per heavy atom. The number of H-pyrrole nitrogens is 1. The second kappa shape index (κ2) is 13.7. The Kier molecular flexibility index (Phi) is 10.1. The van der Waals surface area contributed by atoms with Gasteiger partial charge in [-0.05, 0) is 43.0 Å². The fourth-order valence-electron chi connectivity index (χ4n) is 5.10. The van der Waals surface area contributed by atoms with Crippen molar-refractivity contribution in [2.45, 2.75) is 47.5 Å². The predicted octanol–water partition coefficient (Wildman–Crippen LogP) is -2.66. The third-order valence-electron chi connectivity index (χ3n) is 7.39. The summed E-state index contributed by atoms with van der Waals surface area (Å²) in [6, 6.07) is 1.49. The van der Waals surface area contributed by atoms with Crippen molar-refractivity contribution < 1.29 is 58.9 Å². The van der Waals surface area contributed by atoms with Gasteiger partial charge in [-0.15, -0.1) is 22.0 Å². The summed E-state index contributed by atoms with van der Waals surface area (Å²) in [5.74, 6) is -2.12. The molecule has 3 atom stereocenters. The number of hydrogen-bond acceptors (Lipinski definition) is 13. The van der Waals surface area contributed by atoms with E-state index in [1.165, 1.54) is 65.3 Å². The van der Waals surface area contributed by atoms with Crippen molar-refractivity contribution in [2.75, 3.05) is 16.4 Å². The maximum Gasteiger partial charge on any atom is 1.00 e. The summed E-state index contributed by atoms with van der Waals surface area (Å²) in [4.78, 5) is 74.1. The Morgan fingerprint density at radius 1 is 1.24 bits per heavy atom. The first-order valence-corrected chi connectivity index (χ1v) is 16.5. The molecule has 0 bridgehead atoms. The fraction of sp³-hybridized carbons (Fsp3) is 0.333. The molecule has 2 unspecified atom stereocenters. The average molecular weight is 693 g/mol. The van der Waals surface area contributed by atoms with E-state index in [9.17, 15) is 34.2 Å². The topological polar surface area (TPSA) is 228 Å². The van der Waals surface area contributed by atoms with Gasteiger partial charge in [-0.25, -0.2) is 9.78 Å². The van der Waals surface area contributed by atoms with E-state index in [1.807, 2.05) is 0 Å². The second-order valence-electron chi connectivity index (χ2n) is 10.5. The number of carbonyl (C=O) groups is 4. The molecule has 15 nitrogen and oxygen atoms in total. The molecule has 0 radical (unpaired) electrons. The summed E-state index contributed by atoms with van der Waals surface area (Å²) in [6.45, 7) is 1.80. The van der Waals surface area contributed by atoms with Gasteiger partial charge in [-0.1, -0.05) is 35.2 Å². The molecule has 19 heteroatoms. The number of carboxylic acids is 1. The van der Waals surface area contributed by atoms with E-state index >= 15 is 0 Å². The van der Waals surface area contributed by atoms with Crippen LogP contribution in [0.3, 0.4) is 0 Å². The van der Waals surface area contributed by atoms with Gasteiger partial charge >= 0.3 is 35.6 Å². The zero-order chi connectivity index (χ0) is 32.0. The van der Waals surface area contributed by atoms with E-state index in [1.54, 1.807) is 6.92 Å². The van der Waals surface area contributed by atoms with Crippen LogP contribution < -0.4 is 56.2 Å². The number of fused-ring (bicyclic) bond motifs is 1. The number of thioether (sulfide) groups is 2. The van der Waals surface area contributed by atoms with Crippen LogP contribution in [0.4, 0.5) is 10.5 Å². The molecule has 234 valence electrons. The molecule has 2 aliphatic heterocycles. The van der Waals surface area contributed by atoms with Crippen LogP contribution in [0.5, 0.6) is 5.75 Å². The number of phenolic OH excluding ortho intramolecular Hbond substituents is 1. The van der Waals surface area contributed by atoms with Crippen LogP contribution >= 0.6 is 34.9 Å². The first kappa shape index (κ1) is 33.9. The summed E-state index contributed by atoms with van der Waals surface area (Å²) >= 11 is 3.92. The van der Waals surface area contributed by atoms with Gasteiger partial charge in [0.25, 0.3) is 11.5 Å². The maximum atomic E-state index is 13.9. The van der Waals surface area contributed by atoms with Crippen molar-refractivity contribution in [3.8, 4) is 5.75 Å². The molecular weight excluding hydrogens is 668 g/mol. The van der Waals surface area contributed by atoms with Gasteiger partial charge in [0.2, 0.25) is 5.91 Å². The largest absolute Gasteiger partial charge is 1.00 e. The molecule has 6 rings (SSSR count). The number of aromatic hydroxyl groups is 1. The zero-order valence-electron chi connectivity index (χ0n) is 24.5. The SMILES string of the molecule is Cc1nnc(SCC2=C(C(=O)[O-])N3C(=O)C(NC(=O)C(c4ccc(O)cc4)N(C(N)=O)c4cnc(C5CC5)[nH]c4=O)[C@H]3SC2)s1.[Na+]. The predicted molar refractivity (Wildman–Crippen MR) is 162 cm³/mol. The molecule has 2 fully saturated rings. The Hall–Kier alpha value is -3.42. The molecular formula is C27H25N8NaO7S3. The van der Waals surface area contributed by atoms with Crippen molar-refractivity contribution in [1.29, 1.82) is 0 Å². The van der Waals surface area contributed by atoms with Gasteiger partial charge in [-0.3, -0.25) is 24.2 Å². The number of β-lactam (4-membered cyclic amide) rings is 1. The number of benzene rings is 1. The van der Waals surface area contributed by atoms with Gasteiger partial charge < -0.3 is 31.0 Å². The number of rotatable bonds is 10. The van der Waals surface area contributed by atoms with E-state index in [2.05, 4.69) is 25.5 Å². The Balaban J connectivity index is 0.00000417. The van der Waals surface area contributed by atoms with Gasteiger partial charge in [-0.2, -0.15) is 0 Å². The minimum Gasteiger partial charge on any atom is -0.543 e. The molecule has 0 spiro atoms. The summed E-state index contributed by atoms with van der Waals surface area (Å²) in [5.41, 5.74) is 5.12. The quantitative estimate of drug-likeness (QED) is 0.0970. The normalized spacial score (nSPS) is 19.4. The molecule has 5 N–H and O–H groups in total. The summed E-state index contributed by atoms with van der Waals surface area (Å²) < 4.78 is 0.653. The van der Waals surface area contributed by atoms with E-state index in [0.29, 0.717) is 15.7 Å². The smallest absolute Gasteiger partial charge is 0.543 e. The molecule has 1 saturated carbocycles. The van der Waals surface area contributed by atoms with Crippen molar-refractivity contribution in [2.24, 2.45) is 5.73 Å². The van der Waals surface area contributed by atoms with Crippen molar-refractivity contribution in [3.05, 3.63) is 68.5 Å². The number of primary amides is 1. The van der Waals surface area contributed by atoms with Crippen LogP contribution in [0.15, 0.2) is 50.9 Å². The molecule has 3 aromatic rings. The number of aliphatic carboxylic acids is 1. The number of urea groups is 1. The molecule has 4 amide bonds. The molecule has 1 saturated heterocycles. The van der Waals surface area contributed by atoms with Crippen LogP contribution in [0, 0.1) is 6.92 Å². The van der Waals surface area contributed by atoms with Gasteiger partial charge in [0.05, 0.1) is 17.9 Å². The number of aromatic amines is 1. The van der Waals surface area contributed by atoms with Crippen LogP contribution in [-0.2, 0) is 14.4 Å². The van der Waals surface area contributed by atoms with Gasteiger partial charge in [0, 0.05) is 17.4 Å². The van der Waals surface area contributed by atoms with E-state index in [4.69, 9.17) is 5.73 Å². The van der Waals surface area contributed by atoms with E-state index < -0.39 is 46.8 Å². The van der Waals surface area contributed by atoms with Crippen LogP contribution in [0.25, 0.3) is 0 Å². The number of carboxylic acid groups (broad SMARTS) is 1. The average Bonchev–Trinajstić information content (AvgIpc) is 3.78. The second-order valence-corrected chi connectivity index (χ2v) is 14.0. The zero-order valence-corrected chi connectivity index (χ0v) is 28.9. The molecule has 46 heavy (non-hydrogen) atoms. The summed E-state index contributed by atoms with van der Waals surface area (Å²) in [7, 11) is 0. The van der Waals surface area contributed by atoms with Gasteiger partial charge in [0.1, 0.15) is 39.7 Å². The Labute approximate surface area is 295 Å². The number of carbonyl (C=O) groups excluding carboxylic acids is 4. The van der Waals surface area contributed by atoms with Gasteiger partial charge in [0.15, 0.2) is 4.34 Å².